The van der Waals surface area contributed by atoms with Crippen LogP contribution in [-0.2, 0) is 6.42 Å². The summed E-state index contributed by atoms with van der Waals surface area (Å²) in [7, 11) is 0. The molecule has 1 aromatic carbocycles. The largest absolute Gasteiger partial charge is 0.396 e. The molecule has 1 nitrogen and oxygen atoms in total. The highest BCUT2D eigenvalue weighted by Crippen LogP contribution is 2.02. The summed E-state index contributed by atoms with van der Waals surface area (Å²) in [4.78, 5) is 0. The number of hydrogen-bond acceptors (Lipinski definition) is 1. The molecule has 0 saturated carbocycles. The van der Waals surface area contributed by atoms with Crippen LogP contribution in [0.2, 0.25) is 0 Å². The molecule has 0 radical (unpaired) electrons. The third kappa shape index (κ3) is 3.35. The zero-order valence-corrected chi connectivity index (χ0v) is 6.77. The summed E-state index contributed by atoms with van der Waals surface area (Å²) in [6.07, 6.45) is 0.526. The van der Waals surface area contributed by atoms with Crippen molar-refractivity contribution < 1.29 is 9.50 Å². The highest BCUT2D eigenvalue weighted by atomic mass is 35.5. The molecule has 0 spiro atoms. The molecule has 0 unspecified atom stereocenters. The predicted octanol–water partition coefficient (Wildman–Crippen LogP) is 1.78. The van der Waals surface area contributed by atoms with E-state index >= 15 is 0 Å². The van der Waals surface area contributed by atoms with E-state index in [-0.39, 0.29) is 24.8 Å². The van der Waals surface area contributed by atoms with Crippen LogP contribution in [0.15, 0.2) is 24.3 Å². The average Bonchev–Trinajstić information content (AvgIpc) is 1.88. The summed E-state index contributed by atoms with van der Waals surface area (Å²) in [5.74, 6) is -0.244. The van der Waals surface area contributed by atoms with Crippen molar-refractivity contribution in [3.63, 3.8) is 0 Å². The van der Waals surface area contributed by atoms with Crippen molar-refractivity contribution in [3.8, 4) is 0 Å². The monoisotopic (exact) mass is 176 g/mol. The van der Waals surface area contributed by atoms with Gasteiger partial charge in [-0.3, -0.25) is 0 Å². The Kier molecular flexibility index (Phi) is 4.83. The van der Waals surface area contributed by atoms with Crippen molar-refractivity contribution in [2.24, 2.45) is 0 Å². The minimum Gasteiger partial charge on any atom is -0.396 e. The minimum atomic E-state index is -0.244. The van der Waals surface area contributed by atoms with Gasteiger partial charge in [0.25, 0.3) is 0 Å². The quantitative estimate of drug-likeness (QED) is 0.729. The van der Waals surface area contributed by atoms with Gasteiger partial charge in [-0.2, -0.15) is 0 Å². The molecule has 0 atom stereocenters. The van der Waals surface area contributed by atoms with Crippen LogP contribution in [0.1, 0.15) is 5.56 Å². The van der Waals surface area contributed by atoms with Crippen LogP contribution in [0.5, 0.6) is 0 Å². The van der Waals surface area contributed by atoms with Crippen LogP contribution in [0.25, 0.3) is 0 Å². The van der Waals surface area contributed by atoms with Crippen molar-refractivity contribution in [2.75, 3.05) is 6.61 Å². The fourth-order valence-corrected chi connectivity index (χ4v) is 0.822. The Bertz CT molecular complexity index is 215. The van der Waals surface area contributed by atoms with Gasteiger partial charge in [0.2, 0.25) is 0 Å². The van der Waals surface area contributed by atoms with Crippen molar-refractivity contribution in [2.45, 2.75) is 6.42 Å². The zero-order valence-electron chi connectivity index (χ0n) is 5.96. The molecule has 0 fully saturated rings. The number of halogens is 2. The molecule has 3 heteroatoms. The van der Waals surface area contributed by atoms with Crippen LogP contribution in [-0.4, -0.2) is 11.7 Å². The maximum Gasteiger partial charge on any atom is 0.123 e. The smallest absolute Gasteiger partial charge is 0.123 e. The van der Waals surface area contributed by atoms with Crippen LogP contribution in [0.3, 0.4) is 0 Å². The molecule has 0 aliphatic carbocycles. The third-order valence-corrected chi connectivity index (χ3v) is 1.29. The van der Waals surface area contributed by atoms with Gasteiger partial charge < -0.3 is 5.11 Å². The number of aliphatic hydroxyl groups is 1. The van der Waals surface area contributed by atoms with Gasteiger partial charge in [-0.05, 0) is 24.1 Å². The Morgan fingerprint density at radius 1 is 1.36 bits per heavy atom. The second kappa shape index (κ2) is 5.10. The first-order valence-electron chi connectivity index (χ1n) is 3.18. The normalized spacial score (nSPS) is 8.91. The van der Waals surface area contributed by atoms with Gasteiger partial charge in [0.15, 0.2) is 0 Å². The SMILES string of the molecule is Cl.OCCc1cccc(F)c1. The molecule has 0 saturated heterocycles. The lowest BCUT2D eigenvalue weighted by molar-refractivity contribution is 0.299. The standard InChI is InChI=1S/C8H9FO.ClH/c9-8-3-1-2-7(6-8)4-5-10;/h1-3,6,10H,4-5H2;1H. The molecule has 1 N–H and O–H groups in total. The summed E-state index contributed by atoms with van der Waals surface area (Å²) in [6.45, 7) is 0.0729. The van der Waals surface area contributed by atoms with Crippen molar-refractivity contribution in [3.05, 3.63) is 35.6 Å². The molecule has 0 bridgehead atoms. The van der Waals surface area contributed by atoms with Gasteiger partial charge in [-0.1, -0.05) is 12.1 Å². The fraction of sp³-hybridized carbons (Fsp3) is 0.250. The minimum absolute atomic E-state index is 0. The van der Waals surface area contributed by atoms with Gasteiger partial charge >= 0.3 is 0 Å². The lowest BCUT2D eigenvalue weighted by atomic mass is 10.2. The maximum absolute atomic E-state index is 12.4. The summed E-state index contributed by atoms with van der Waals surface area (Å²) in [6, 6.07) is 6.25. The molecule has 1 rings (SSSR count). The zero-order chi connectivity index (χ0) is 7.40. The molecule has 0 amide bonds. The summed E-state index contributed by atoms with van der Waals surface area (Å²) >= 11 is 0. The van der Waals surface area contributed by atoms with E-state index in [1.54, 1.807) is 12.1 Å². The molecule has 62 valence electrons. The second-order valence-electron chi connectivity index (χ2n) is 2.10. The van der Waals surface area contributed by atoms with Crippen LogP contribution in [0.4, 0.5) is 4.39 Å². The molecular weight excluding hydrogens is 167 g/mol. The van der Waals surface area contributed by atoms with E-state index in [0.717, 1.165) is 5.56 Å². The maximum atomic E-state index is 12.4. The van der Waals surface area contributed by atoms with Gasteiger partial charge in [-0.25, -0.2) is 4.39 Å². The van der Waals surface area contributed by atoms with E-state index in [4.69, 9.17) is 5.11 Å². The van der Waals surface area contributed by atoms with Crippen LogP contribution in [0, 0.1) is 5.82 Å². The molecular formula is C8H10ClFO. The molecule has 0 aliphatic heterocycles. The lowest BCUT2D eigenvalue weighted by Crippen LogP contribution is -1.90. The average molecular weight is 177 g/mol. The second-order valence-corrected chi connectivity index (χ2v) is 2.10. The third-order valence-electron chi connectivity index (χ3n) is 1.29. The predicted molar refractivity (Wildman–Crippen MR) is 44.4 cm³/mol. The van der Waals surface area contributed by atoms with Crippen LogP contribution < -0.4 is 0 Å². The van der Waals surface area contributed by atoms with Gasteiger partial charge in [-0.15, -0.1) is 12.4 Å². The Balaban J connectivity index is 0.000001000. The van der Waals surface area contributed by atoms with E-state index in [0.29, 0.717) is 6.42 Å². The van der Waals surface area contributed by atoms with E-state index in [1.807, 2.05) is 0 Å². The van der Waals surface area contributed by atoms with E-state index in [9.17, 15) is 4.39 Å². The highest BCUT2D eigenvalue weighted by molar-refractivity contribution is 5.85. The summed E-state index contributed by atoms with van der Waals surface area (Å²) in [5, 5.41) is 8.49. The summed E-state index contributed by atoms with van der Waals surface area (Å²) < 4.78 is 12.4. The first-order valence-corrected chi connectivity index (χ1v) is 3.18. The Morgan fingerprint density at radius 2 is 2.09 bits per heavy atom. The molecule has 0 aromatic heterocycles. The van der Waals surface area contributed by atoms with E-state index in [1.165, 1.54) is 12.1 Å². The summed E-state index contributed by atoms with van der Waals surface area (Å²) in [5.41, 5.74) is 0.836. The first kappa shape index (κ1) is 10.4. The number of rotatable bonds is 2. The number of hydrogen-bond donors (Lipinski definition) is 1. The number of benzene rings is 1. The Hall–Kier alpha value is -0.600. The van der Waals surface area contributed by atoms with Gasteiger partial charge in [0, 0.05) is 6.61 Å². The topological polar surface area (TPSA) is 20.2 Å². The van der Waals surface area contributed by atoms with Gasteiger partial charge in [0.1, 0.15) is 5.82 Å². The van der Waals surface area contributed by atoms with E-state index in [2.05, 4.69) is 0 Å². The highest BCUT2D eigenvalue weighted by Gasteiger charge is 1.92. The Morgan fingerprint density at radius 3 is 2.64 bits per heavy atom. The van der Waals surface area contributed by atoms with Crippen molar-refractivity contribution in [1.29, 1.82) is 0 Å². The molecule has 0 aliphatic rings. The first-order chi connectivity index (χ1) is 4.83. The molecule has 0 heterocycles. The molecule has 11 heavy (non-hydrogen) atoms. The molecule has 1 aromatic rings. The van der Waals surface area contributed by atoms with Crippen LogP contribution >= 0.6 is 12.4 Å². The van der Waals surface area contributed by atoms with Crippen molar-refractivity contribution >= 4 is 12.4 Å². The lowest BCUT2D eigenvalue weighted by Gasteiger charge is -1.95. The van der Waals surface area contributed by atoms with Crippen molar-refractivity contribution in [1.82, 2.24) is 0 Å². The van der Waals surface area contributed by atoms with Gasteiger partial charge in [0.05, 0.1) is 0 Å². The Labute approximate surface area is 71.3 Å². The van der Waals surface area contributed by atoms with E-state index < -0.39 is 0 Å². The fourth-order valence-electron chi connectivity index (χ4n) is 0.822. The number of aliphatic hydroxyl groups excluding tert-OH is 1.